The molecule has 2 aliphatic rings. The second-order valence-corrected chi connectivity index (χ2v) is 6.81. The molecule has 2 rings (SSSR count). The van der Waals surface area contributed by atoms with Crippen molar-refractivity contribution in [3.05, 3.63) is 0 Å². The molecule has 0 aromatic heterocycles. The third kappa shape index (κ3) is 4.24. The highest BCUT2D eigenvalue weighted by Gasteiger charge is 2.45. The van der Waals surface area contributed by atoms with Gasteiger partial charge in [0.05, 0.1) is 11.2 Å². The van der Waals surface area contributed by atoms with Crippen molar-refractivity contribution in [1.29, 1.82) is 0 Å². The van der Waals surface area contributed by atoms with Gasteiger partial charge in [0.15, 0.2) is 0 Å². The molecule has 2 heteroatoms. The van der Waals surface area contributed by atoms with Gasteiger partial charge in [0.2, 0.25) is 0 Å². The maximum absolute atomic E-state index is 10.5. The minimum absolute atomic E-state index is 0.557. The summed E-state index contributed by atoms with van der Waals surface area (Å²) in [4.78, 5) is 0. The normalized spacial score (nSPS) is 40.3. The van der Waals surface area contributed by atoms with E-state index < -0.39 is 11.2 Å². The summed E-state index contributed by atoms with van der Waals surface area (Å²) in [6.45, 7) is 0. The maximum atomic E-state index is 10.5. The van der Waals surface area contributed by atoms with E-state index in [2.05, 4.69) is 0 Å². The van der Waals surface area contributed by atoms with Crippen LogP contribution in [0, 0.1) is 0 Å². The molecule has 0 amide bonds. The molecular formula is C16H30O2. The van der Waals surface area contributed by atoms with E-state index in [9.17, 15) is 10.2 Å². The first kappa shape index (κ1) is 14.3. The monoisotopic (exact) mass is 254 g/mol. The average Bonchev–Trinajstić information content (AvgIpc) is 2.62. The van der Waals surface area contributed by atoms with Crippen LogP contribution < -0.4 is 0 Å². The Hall–Kier alpha value is -0.0800. The van der Waals surface area contributed by atoms with E-state index in [0.29, 0.717) is 6.42 Å². The number of hydrogen-bond acceptors (Lipinski definition) is 2. The summed E-state index contributed by atoms with van der Waals surface area (Å²) in [5.74, 6) is 0. The standard InChI is InChI=1S/C16H30O2/c17-15-10-8-6-4-2-1-3-5-7-9-11-16(18,14-15)13-12-15/h17-18H,1-14H2. The predicted octanol–water partition coefficient (Wildman–Crippen LogP) is 3.94. The van der Waals surface area contributed by atoms with Crippen molar-refractivity contribution < 1.29 is 10.2 Å². The fourth-order valence-corrected chi connectivity index (χ4v) is 3.83. The number of aliphatic hydroxyl groups is 2. The maximum Gasteiger partial charge on any atom is 0.0676 e. The highest BCUT2D eigenvalue weighted by Crippen LogP contribution is 2.43. The van der Waals surface area contributed by atoms with Crippen LogP contribution in [0.2, 0.25) is 0 Å². The molecule has 0 aromatic carbocycles. The lowest BCUT2D eigenvalue weighted by Crippen LogP contribution is -2.31. The molecule has 2 N–H and O–H groups in total. The Morgan fingerprint density at radius 2 is 0.778 bits per heavy atom. The van der Waals surface area contributed by atoms with Crippen molar-refractivity contribution in [2.24, 2.45) is 0 Å². The molecule has 2 bridgehead atoms. The van der Waals surface area contributed by atoms with Crippen LogP contribution in [-0.2, 0) is 0 Å². The summed E-state index contributed by atoms with van der Waals surface area (Å²) in [5.41, 5.74) is -1.11. The lowest BCUT2D eigenvalue weighted by atomic mass is 9.88. The fraction of sp³-hybridized carbons (Fsp3) is 1.00. The van der Waals surface area contributed by atoms with Gasteiger partial charge in [0.1, 0.15) is 0 Å². The summed E-state index contributed by atoms with van der Waals surface area (Å²) in [6, 6.07) is 0. The Kier molecular flexibility index (Phi) is 5.08. The molecule has 0 heterocycles. The molecule has 0 spiro atoms. The van der Waals surface area contributed by atoms with Crippen molar-refractivity contribution >= 4 is 0 Å². The molecule has 2 aliphatic carbocycles. The SMILES string of the molecule is OC12CCCCCCCCCCCC(O)(CC1)C2. The van der Waals surface area contributed by atoms with Gasteiger partial charge in [-0.05, 0) is 25.7 Å². The zero-order valence-corrected chi connectivity index (χ0v) is 11.8. The molecule has 2 nitrogen and oxygen atoms in total. The van der Waals surface area contributed by atoms with Crippen LogP contribution in [0.5, 0.6) is 0 Å². The van der Waals surface area contributed by atoms with Crippen LogP contribution in [0.4, 0.5) is 0 Å². The molecule has 106 valence electrons. The van der Waals surface area contributed by atoms with E-state index in [1.165, 1.54) is 44.9 Å². The Morgan fingerprint density at radius 1 is 0.444 bits per heavy atom. The van der Waals surface area contributed by atoms with Crippen molar-refractivity contribution in [2.45, 2.75) is 101 Å². The van der Waals surface area contributed by atoms with Gasteiger partial charge >= 0.3 is 0 Å². The van der Waals surface area contributed by atoms with E-state index >= 15 is 0 Å². The van der Waals surface area contributed by atoms with E-state index in [1.807, 2.05) is 0 Å². The molecule has 0 radical (unpaired) electrons. The first-order valence-corrected chi connectivity index (χ1v) is 8.07. The molecule has 2 saturated carbocycles. The van der Waals surface area contributed by atoms with Crippen molar-refractivity contribution in [2.75, 3.05) is 0 Å². The molecule has 0 saturated heterocycles. The van der Waals surface area contributed by atoms with Crippen LogP contribution in [0.3, 0.4) is 0 Å². The second kappa shape index (κ2) is 6.38. The summed E-state index contributed by atoms with van der Waals surface area (Å²) >= 11 is 0. The van der Waals surface area contributed by atoms with Crippen LogP contribution in [0.1, 0.15) is 89.9 Å². The van der Waals surface area contributed by atoms with E-state index in [-0.39, 0.29) is 0 Å². The summed E-state index contributed by atoms with van der Waals surface area (Å²) in [7, 11) is 0. The number of rotatable bonds is 0. The molecule has 2 unspecified atom stereocenters. The molecule has 2 atom stereocenters. The predicted molar refractivity (Wildman–Crippen MR) is 74.5 cm³/mol. The quantitative estimate of drug-likeness (QED) is 0.687. The fourth-order valence-electron chi connectivity index (χ4n) is 3.83. The van der Waals surface area contributed by atoms with Gasteiger partial charge in [-0.3, -0.25) is 0 Å². The Bertz CT molecular complexity index is 229. The largest absolute Gasteiger partial charge is 0.390 e. The highest BCUT2D eigenvalue weighted by molar-refractivity contribution is 4.98. The lowest BCUT2D eigenvalue weighted by molar-refractivity contribution is -0.0194. The molecule has 0 aliphatic heterocycles. The first-order chi connectivity index (χ1) is 8.62. The minimum Gasteiger partial charge on any atom is -0.390 e. The van der Waals surface area contributed by atoms with Crippen LogP contribution in [0.15, 0.2) is 0 Å². The first-order valence-electron chi connectivity index (χ1n) is 8.07. The third-order valence-corrected chi connectivity index (χ3v) is 5.00. The van der Waals surface area contributed by atoms with E-state index in [4.69, 9.17) is 0 Å². The highest BCUT2D eigenvalue weighted by atomic mass is 16.3. The zero-order chi connectivity index (χ0) is 12.9. The summed E-state index contributed by atoms with van der Waals surface area (Å²) < 4.78 is 0. The lowest BCUT2D eigenvalue weighted by Gasteiger charge is -2.27. The molecule has 2 fully saturated rings. The number of hydrogen-bond donors (Lipinski definition) is 2. The second-order valence-electron chi connectivity index (χ2n) is 6.81. The Labute approximate surface area is 112 Å². The van der Waals surface area contributed by atoms with Gasteiger partial charge in [-0.2, -0.15) is 0 Å². The minimum atomic E-state index is -0.557. The smallest absolute Gasteiger partial charge is 0.0676 e. The van der Waals surface area contributed by atoms with Gasteiger partial charge in [-0.1, -0.05) is 57.8 Å². The van der Waals surface area contributed by atoms with Crippen molar-refractivity contribution in [3.63, 3.8) is 0 Å². The summed E-state index contributed by atoms with van der Waals surface area (Å²) in [6.07, 6.45) is 15.5. The average molecular weight is 254 g/mol. The van der Waals surface area contributed by atoms with Crippen LogP contribution in [-0.4, -0.2) is 21.4 Å². The van der Waals surface area contributed by atoms with Gasteiger partial charge in [-0.25, -0.2) is 0 Å². The molecule has 0 aromatic rings. The van der Waals surface area contributed by atoms with E-state index in [0.717, 1.165) is 38.5 Å². The van der Waals surface area contributed by atoms with Crippen molar-refractivity contribution in [1.82, 2.24) is 0 Å². The van der Waals surface area contributed by atoms with Gasteiger partial charge in [0.25, 0.3) is 0 Å². The van der Waals surface area contributed by atoms with Crippen molar-refractivity contribution in [3.8, 4) is 0 Å². The number of fused-ring (bicyclic) bond motifs is 2. The van der Waals surface area contributed by atoms with E-state index in [1.54, 1.807) is 0 Å². The Balaban J connectivity index is 1.87. The molecule has 18 heavy (non-hydrogen) atoms. The third-order valence-electron chi connectivity index (χ3n) is 5.00. The zero-order valence-electron chi connectivity index (χ0n) is 11.8. The Morgan fingerprint density at radius 3 is 1.17 bits per heavy atom. The topological polar surface area (TPSA) is 40.5 Å². The molecular weight excluding hydrogens is 224 g/mol. The van der Waals surface area contributed by atoms with Gasteiger partial charge in [0, 0.05) is 6.42 Å². The summed E-state index contributed by atoms with van der Waals surface area (Å²) in [5, 5.41) is 21.1. The van der Waals surface area contributed by atoms with Crippen LogP contribution >= 0.6 is 0 Å². The van der Waals surface area contributed by atoms with Gasteiger partial charge in [-0.15, -0.1) is 0 Å². The van der Waals surface area contributed by atoms with Gasteiger partial charge < -0.3 is 10.2 Å². The van der Waals surface area contributed by atoms with Crippen LogP contribution in [0.25, 0.3) is 0 Å².